The number of rotatable bonds is 0. The van der Waals surface area contributed by atoms with Crippen molar-refractivity contribution in [3.63, 3.8) is 0 Å². The second kappa shape index (κ2) is 13.4. The molecule has 0 unspecified atom stereocenters. The molecule has 0 saturated heterocycles. The molecule has 0 aliphatic carbocycles. The molecule has 0 fully saturated rings. The van der Waals surface area contributed by atoms with Crippen LogP contribution < -0.4 is 0 Å². The van der Waals surface area contributed by atoms with Crippen LogP contribution in [-0.4, -0.2) is 0 Å². The first-order valence-corrected chi connectivity index (χ1v) is 10.8. The molecule has 7 heteroatoms. The van der Waals surface area contributed by atoms with Crippen molar-refractivity contribution in [3.8, 4) is 12.1 Å². The molecule has 0 spiro atoms. The molecule has 0 radical (unpaired) electrons. The Morgan fingerprint density at radius 3 is 0.909 bits per heavy atom. The van der Waals surface area contributed by atoms with Crippen molar-refractivity contribution in [2.75, 3.05) is 0 Å². The Balaban J connectivity index is -0.0000000933. The Hall–Kier alpha value is 0.854. The van der Waals surface area contributed by atoms with Crippen LogP contribution in [0.2, 0.25) is 0 Å². The molecule has 0 aromatic rings. The second-order valence-corrected chi connectivity index (χ2v) is 16.4. The van der Waals surface area contributed by atoms with Gasteiger partial charge in [-0.05, 0) is 0 Å². The molecule has 0 aromatic heterocycles. The fraction of sp³-hybridized carbons (Fsp3) is 0.500. The summed E-state index contributed by atoms with van der Waals surface area (Å²) in [5, 5.41) is 14.6. The molecular formula is C4H6Cl4N2Ti. The second-order valence-electron chi connectivity index (χ2n) is 0.876. The van der Waals surface area contributed by atoms with Gasteiger partial charge in [-0.15, -0.1) is 0 Å². The monoisotopic (exact) mass is 270 g/mol. The predicted octanol–water partition coefficient (Wildman–Crippen LogP) is 3.82. The van der Waals surface area contributed by atoms with E-state index in [0.717, 1.165) is 0 Å². The van der Waals surface area contributed by atoms with E-state index in [9.17, 15) is 0 Å². The molecule has 2 nitrogen and oxygen atoms in total. The summed E-state index contributed by atoms with van der Waals surface area (Å²) in [6.07, 6.45) is 0. The summed E-state index contributed by atoms with van der Waals surface area (Å²) >= 11 is -3.11. The Morgan fingerprint density at radius 1 is 0.909 bits per heavy atom. The van der Waals surface area contributed by atoms with Crippen LogP contribution in [0.4, 0.5) is 0 Å². The zero-order valence-corrected chi connectivity index (χ0v) is 10.5. The van der Waals surface area contributed by atoms with Crippen molar-refractivity contribution in [1.82, 2.24) is 0 Å². The first-order valence-electron chi connectivity index (χ1n) is 2.20. The summed E-state index contributed by atoms with van der Waals surface area (Å²) < 4.78 is 0. The molecule has 0 atom stereocenters. The number of hydrogen-bond acceptors (Lipinski definition) is 2. The van der Waals surface area contributed by atoms with Gasteiger partial charge in [-0.2, -0.15) is 10.5 Å². The number of nitrogens with zero attached hydrogens (tertiary/aromatic N) is 2. The van der Waals surface area contributed by atoms with Crippen LogP contribution in [0.5, 0.6) is 0 Å². The van der Waals surface area contributed by atoms with E-state index in [4.69, 9.17) is 47.7 Å². The first-order chi connectivity index (χ1) is 4.83. The fourth-order valence-corrected chi connectivity index (χ4v) is 0. The van der Waals surface area contributed by atoms with Gasteiger partial charge in [0.05, 0.1) is 12.1 Å². The van der Waals surface area contributed by atoms with Crippen molar-refractivity contribution in [2.24, 2.45) is 0 Å². The quantitative estimate of drug-likeness (QED) is 0.629. The molecule has 11 heavy (non-hydrogen) atoms. The average molecular weight is 272 g/mol. The van der Waals surface area contributed by atoms with Gasteiger partial charge >= 0.3 is 49.6 Å². The summed E-state index contributed by atoms with van der Waals surface area (Å²) in [5.41, 5.74) is 0. The molecule has 64 valence electrons. The van der Waals surface area contributed by atoms with E-state index in [1.165, 1.54) is 13.8 Å². The van der Waals surface area contributed by atoms with E-state index in [2.05, 4.69) is 0 Å². The molecule has 0 rings (SSSR count). The van der Waals surface area contributed by atoms with Crippen LogP contribution in [0, 0.1) is 22.7 Å². The van der Waals surface area contributed by atoms with Gasteiger partial charge in [0, 0.05) is 13.8 Å². The molecule has 0 amide bonds. The van der Waals surface area contributed by atoms with E-state index < -0.39 is 12.3 Å². The predicted molar refractivity (Wildman–Crippen MR) is 46.0 cm³/mol. The van der Waals surface area contributed by atoms with E-state index >= 15 is 0 Å². The fourth-order valence-electron chi connectivity index (χ4n) is 0. The number of halogens is 4. The summed E-state index contributed by atoms with van der Waals surface area (Å²) in [4.78, 5) is 0. The van der Waals surface area contributed by atoms with E-state index in [-0.39, 0.29) is 0 Å². The molecule has 0 aliphatic heterocycles. The first kappa shape index (κ1) is 17.8. The van der Waals surface area contributed by atoms with Crippen LogP contribution >= 0.6 is 37.2 Å². The molecule has 0 heterocycles. The van der Waals surface area contributed by atoms with Gasteiger partial charge in [0.1, 0.15) is 0 Å². The van der Waals surface area contributed by atoms with Crippen molar-refractivity contribution in [2.45, 2.75) is 13.8 Å². The van der Waals surface area contributed by atoms with Crippen molar-refractivity contribution in [3.05, 3.63) is 0 Å². The van der Waals surface area contributed by atoms with Crippen molar-refractivity contribution in [1.29, 1.82) is 10.5 Å². The Morgan fingerprint density at radius 2 is 0.909 bits per heavy atom. The summed E-state index contributed by atoms with van der Waals surface area (Å²) in [7, 11) is 20.1. The Labute approximate surface area is 85.5 Å². The van der Waals surface area contributed by atoms with Crippen molar-refractivity contribution < 1.29 is 12.3 Å². The molecule has 0 aliphatic rings. The normalized spacial score (nSPS) is 6.91. The maximum atomic E-state index is 7.32. The van der Waals surface area contributed by atoms with Gasteiger partial charge in [0.2, 0.25) is 0 Å². The van der Waals surface area contributed by atoms with E-state index in [1.807, 2.05) is 0 Å². The van der Waals surface area contributed by atoms with Crippen LogP contribution in [0.1, 0.15) is 13.8 Å². The number of hydrogen-bond donors (Lipinski definition) is 0. The summed E-state index contributed by atoms with van der Waals surface area (Å²) in [6.45, 7) is 2.86. The minimum absolute atomic E-state index is 1.43. The SMILES string of the molecule is CC#N.CC#N.[Cl][Ti]([Cl])([Cl])[Cl]. The van der Waals surface area contributed by atoms with Crippen LogP contribution in [-0.2, 0) is 12.3 Å². The van der Waals surface area contributed by atoms with Gasteiger partial charge in [-0.3, -0.25) is 0 Å². The average Bonchev–Trinajstić information content (AvgIpc) is 1.62. The van der Waals surface area contributed by atoms with Gasteiger partial charge in [0.25, 0.3) is 0 Å². The zero-order valence-electron chi connectivity index (χ0n) is 5.91. The minimum atomic E-state index is -3.11. The van der Waals surface area contributed by atoms with Crippen LogP contribution in [0.25, 0.3) is 0 Å². The standard InChI is InChI=1S/2C2H3N.4ClH.Ti/c2*1-2-3;;;;;/h2*1H3;4*1H;/q;;;;;;+4/p-4. The molecule has 0 aromatic carbocycles. The Kier molecular flexibility index (Phi) is 21.8. The Bertz CT molecular complexity index is 124. The van der Waals surface area contributed by atoms with Crippen LogP contribution in [0.15, 0.2) is 0 Å². The van der Waals surface area contributed by atoms with E-state index in [0.29, 0.717) is 0 Å². The third-order valence-corrected chi connectivity index (χ3v) is 0. The van der Waals surface area contributed by atoms with Gasteiger partial charge in [-0.1, -0.05) is 0 Å². The number of nitriles is 2. The maximum absolute atomic E-state index is 7.32. The molecule has 0 bridgehead atoms. The third kappa shape index (κ3) is 1170. The van der Waals surface area contributed by atoms with Crippen LogP contribution in [0.3, 0.4) is 0 Å². The van der Waals surface area contributed by atoms with Crippen molar-refractivity contribution >= 4 is 37.2 Å². The molecular weight excluding hydrogens is 266 g/mol. The van der Waals surface area contributed by atoms with Gasteiger partial charge in [0.15, 0.2) is 0 Å². The third-order valence-electron chi connectivity index (χ3n) is 0. The molecule has 0 N–H and O–H groups in total. The molecule has 0 saturated carbocycles. The topological polar surface area (TPSA) is 47.6 Å². The van der Waals surface area contributed by atoms with Gasteiger partial charge < -0.3 is 0 Å². The summed E-state index contributed by atoms with van der Waals surface area (Å²) in [5.74, 6) is 0. The zero-order chi connectivity index (χ0) is 9.91. The summed E-state index contributed by atoms with van der Waals surface area (Å²) in [6, 6.07) is 3.50. The van der Waals surface area contributed by atoms with E-state index in [1.54, 1.807) is 12.1 Å². The van der Waals surface area contributed by atoms with Gasteiger partial charge in [-0.25, -0.2) is 0 Å².